The van der Waals surface area contributed by atoms with Gasteiger partial charge in [-0.25, -0.2) is 0 Å². The first kappa shape index (κ1) is 7.98. The first-order chi connectivity index (χ1) is 4.84. The van der Waals surface area contributed by atoms with E-state index in [2.05, 4.69) is 17.3 Å². The van der Waals surface area contributed by atoms with Gasteiger partial charge in [0.15, 0.2) is 0 Å². The number of nitrogens with zero attached hydrogens (tertiary/aromatic N) is 1. The fraction of sp³-hybridized carbons (Fsp3) is 1.00. The predicted octanol–water partition coefficient (Wildman–Crippen LogP) is -0.728. The van der Waals surface area contributed by atoms with Crippen LogP contribution < -0.4 is 5.32 Å². The molecule has 1 fully saturated rings. The number of hydrogen-bond acceptors (Lipinski definition) is 3. The second kappa shape index (κ2) is 3.91. The summed E-state index contributed by atoms with van der Waals surface area (Å²) in [6.45, 7) is 3.51. The van der Waals surface area contributed by atoms with Gasteiger partial charge in [-0.15, -0.1) is 0 Å². The van der Waals surface area contributed by atoms with Crippen molar-refractivity contribution in [1.29, 1.82) is 0 Å². The van der Waals surface area contributed by atoms with Crippen molar-refractivity contribution in [3.05, 3.63) is 0 Å². The maximum atomic E-state index is 8.68. The zero-order valence-electron chi connectivity index (χ0n) is 6.51. The van der Waals surface area contributed by atoms with E-state index in [1.165, 1.54) is 0 Å². The number of hydrogen-bond donors (Lipinski definition) is 2. The van der Waals surface area contributed by atoms with Crippen LogP contribution in [0.3, 0.4) is 0 Å². The van der Waals surface area contributed by atoms with Crippen molar-refractivity contribution in [2.75, 3.05) is 33.3 Å². The number of aliphatic hydroxyl groups excluding tert-OH is 1. The van der Waals surface area contributed by atoms with Gasteiger partial charge in [-0.3, -0.25) is 0 Å². The summed E-state index contributed by atoms with van der Waals surface area (Å²) >= 11 is 0. The van der Waals surface area contributed by atoms with Gasteiger partial charge in [0.05, 0.1) is 0 Å². The molecule has 0 aromatic rings. The van der Waals surface area contributed by atoms with Crippen molar-refractivity contribution in [2.45, 2.75) is 12.5 Å². The highest BCUT2D eigenvalue weighted by Crippen LogP contribution is 2.02. The van der Waals surface area contributed by atoms with Gasteiger partial charge in [-0.2, -0.15) is 0 Å². The third-order valence-electron chi connectivity index (χ3n) is 2.11. The Morgan fingerprint density at radius 1 is 1.70 bits per heavy atom. The molecule has 0 amide bonds. The molecule has 10 heavy (non-hydrogen) atoms. The molecule has 60 valence electrons. The zero-order chi connectivity index (χ0) is 7.40. The molecule has 1 atom stereocenters. The first-order valence-electron chi connectivity index (χ1n) is 3.86. The molecule has 0 unspecified atom stereocenters. The maximum absolute atomic E-state index is 8.68. The molecule has 1 rings (SSSR count). The normalized spacial score (nSPS) is 28.8. The maximum Gasteiger partial charge on any atom is 0.0446 e. The minimum Gasteiger partial charge on any atom is -0.396 e. The van der Waals surface area contributed by atoms with E-state index in [0.717, 1.165) is 26.1 Å². The molecule has 1 saturated heterocycles. The van der Waals surface area contributed by atoms with Gasteiger partial charge in [-0.1, -0.05) is 0 Å². The average molecular weight is 144 g/mol. The lowest BCUT2D eigenvalue weighted by atomic mass is 10.1. The lowest BCUT2D eigenvalue weighted by Crippen LogP contribution is -2.49. The van der Waals surface area contributed by atoms with Crippen LogP contribution in [0.2, 0.25) is 0 Å². The average Bonchev–Trinajstić information content (AvgIpc) is 1.94. The van der Waals surface area contributed by atoms with E-state index in [0.29, 0.717) is 12.6 Å². The third-order valence-corrected chi connectivity index (χ3v) is 2.11. The van der Waals surface area contributed by atoms with Crippen molar-refractivity contribution in [2.24, 2.45) is 0 Å². The summed E-state index contributed by atoms with van der Waals surface area (Å²) in [5.41, 5.74) is 0. The number of nitrogens with one attached hydrogen (secondary N) is 1. The van der Waals surface area contributed by atoms with Crippen molar-refractivity contribution >= 4 is 0 Å². The van der Waals surface area contributed by atoms with E-state index in [4.69, 9.17) is 5.11 Å². The Hall–Kier alpha value is -0.120. The Morgan fingerprint density at radius 2 is 2.50 bits per heavy atom. The fourth-order valence-electron chi connectivity index (χ4n) is 1.33. The topological polar surface area (TPSA) is 35.5 Å². The van der Waals surface area contributed by atoms with Crippen molar-refractivity contribution in [1.82, 2.24) is 10.2 Å². The largest absolute Gasteiger partial charge is 0.396 e. The lowest BCUT2D eigenvalue weighted by molar-refractivity contribution is 0.158. The smallest absolute Gasteiger partial charge is 0.0446 e. The summed E-state index contributed by atoms with van der Waals surface area (Å²) < 4.78 is 0. The molecule has 2 N–H and O–H groups in total. The SMILES string of the molecule is CN1CCNC[C@@H]1CCO. The van der Waals surface area contributed by atoms with E-state index in [9.17, 15) is 0 Å². The minimum absolute atomic E-state index is 0.302. The van der Waals surface area contributed by atoms with Gasteiger partial charge in [-0.05, 0) is 13.5 Å². The Morgan fingerprint density at radius 3 is 3.10 bits per heavy atom. The Labute approximate surface area is 62.0 Å². The highest BCUT2D eigenvalue weighted by Gasteiger charge is 2.16. The quantitative estimate of drug-likeness (QED) is 0.536. The summed E-state index contributed by atoms with van der Waals surface area (Å²) in [6, 6.07) is 0.541. The number of likely N-dealkylation sites (N-methyl/N-ethyl adjacent to an activating group) is 1. The summed E-state index contributed by atoms with van der Waals surface area (Å²) in [5.74, 6) is 0. The second-order valence-electron chi connectivity index (χ2n) is 2.85. The van der Waals surface area contributed by atoms with Crippen LogP contribution in [0.25, 0.3) is 0 Å². The van der Waals surface area contributed by atoms with Crippen LogP contribution in [0.15, 0.2) is 0 Å². The van der Waals surface area contributed by atoms with Crippen LogP contribution in [0.1, 0.15) is 6.42 Å². The van der Waals surface area contributed by atoms with Gasteiger partial charge in [0.2, 0.25) is 0 Å². The molecule has 0 aromatic heterocycles. The van der Waals surface area contributed by atoms with Crippen LogP contribution >= 0.6 is 0 Å². The zero-order valence-corrected chi connectivity index (χ0v) is 6.51. The van der Waals surface area contributed by atoms with Crippen molar-refractivity contribution in [3.8, 4) is 0 Å². The third kappa shape index (κ3) is 1.94. The highest BCUT2D eigenvalue weighted by atomic mass is 16.3. The number of rotatable bonds is 2. The van der Waals surface area contributed by atoms with Crippen LogP contribution in [0.5, 0.6) is 0 Å². The van der Waals surface area contributed by atoms with Crippen molar-refractivity contribution in [3.63, 3.8) is 0 Å². The molecular weight excluding hydrogens is 128 g/mol. The van der Waals surface area contributed by atoms with Crippen molar-refractivity contribution < 1.29 is 5.11 Å². The fourth-order valence-corrected chi connectivity index (χ4v) is 1.33. The molecule has 1 heterocycles. The highest BCUT2D eigenvalue weighted by molar-refractivity contribution is 4.76. The van der Waals surface area contributed by atoms with Crippen LogP contribution in [-0.2, 0) is 0 Å². The van der Waals surface area contributed by atoms with Gasteiger partial charge in [0, 0.05) is 32.3 Å². The molecular formula is C7H16N2O. The Kier molecular flexibility index (Phi) is 3.12. The van der Waals surface area contributed by atoms with E-state index in [1.807, 2.05) is 0 Å². The Bertz CT molecular complexity index is 95.6. The molecule has 0 aliphatic carbocycles. The summed E-state index contributed by atoms with van der Waals surface area (Å²) in [7, 11) is 2.11. The lowest BCUT2D eigenvalue weighted by Gasteiger charge is -2.32. The van der Waals surface area contributed by atoms with E-state index >= 15 is 0 Å². The van der Waals surface area contributed by atoms with Gasteiger partial charge >= 0.3 is 0 Å². The number of piperazine rings is 1. The van der Waals surface area contributed by atoms with E-state index < -0.39 is 0 Å². The molecule has 3 heteroatoms. The molecule has 0 bridgehead atoms. The molecule has 0 saturated carbocycles. The van der Waals surface area contributed by atoms with Crippen LogP contribution in [0, 0.1) is 0 Å². The van der Waals surface area contributed by atoms with Gasteiger partial charge < -0.3 is 15.3 Å². The Balaban J connectivity index is 2.25. The molecule has 0 spiro atoms. The van der Waals surface area contributed by atoms with E-state index in [1.54, 1.807) is 0 Å². The first-order valence-corrected chi connectivity index (χ1v) is 3.86. The molecule has 0 radical (unpaired) electrons. The molecule has 1 aliphatic heterocycles. The second-order valence-corrected chi connectivity index (χ2v) is 2.85. The predicted molar refractivity (Wildman–Crippen MR) is 41.0 cm³/mol. The molecule has 1 aliphatic rings. The van der Waals surface area contributed by atoms with Crippen LogP contribution in [0.4, 0.5) is 0 Å². The molecule has 3 nitrogen and oxygen atoms in total. The van der Waals surface area contributed by atoms with Gasteiger partial charge in [0.1, 0.15) is 0 Å². The summed E-state index contributed by atoms with van der Waals surface area (Å²) in [5, 5.41) is 12.0. The molecule has 0 aromatic carbocycles. The van der Waals surface area contributed by atoms with Crippen LogP contribution in [-0.4, -0.2) is 49.3 Å². The number of aliphatic hydroxyl groups is 1. The van der Waals surface area contributed by atoms with Gasteiger partial charge in [0.25, 0.3) is 0 Å². The van der Waals surface area contributed by atoms with E-state index in [-0.39, 0.29) is 0 Å². The summed E-state index contributed by atoms with van der Waals surface area (Å²) in [6.07, 6.45) is 0.892. The summed E-state index contributed by atoms with van der Waals surface area (Å²) in [4.78, 5) is 2.30. The standard InChI is InChI=1S/C7H16N2O/c1-9-4-3-8-6-7(9)2-5-10/h7-8,10H,2-6H2,1H3/t7-/m0/s1. The minimum atomic E-state index is 0.302. The monoisotopic (exact) mass is 144 g/mol.